The molecule has 0 aromatic carbocycles. The van der Waals surface area contributed by atoms with Gasteiger partial charge in [-0.15, -0.1) is 0 Å². The van der Waals surface area contributed by atoms with E-state index in [1.165, 1.54) is 6.92 Å². The van der Waals surface area contributed by atoms with Gasteiger partial charge in [-0.25, -0.2) is 0 Å². The van der Waals surface area contributed by atoms with E-state index in [1.807, 2.05) is 0 Å². The first-order chi connectivity index (χ1) is 10.3. The van der Waals surface area contributed by atoms with Gasteiger partial charge < -0.3 is 50.0 Å². The molecule has 2 rings (SSSR count). The van der Waals surface area contributed by atoms with Gasteiger partial charge in [0.05, 0.1) is 12.7 Å². The number of aliphatic hydroxyl groups excluding tert-OH is 7. The standard InChI is InChI=1S/C12H22O10/c1-3-10(7(16)8(17)11(19)20-3)22-12-9(18)6(15)5(14)4(2-13)21-12/h3-19H,2H2,1H3/t3-,4-,5-,6+,7-,8+,9-,10-,11-,12+/m1/s1. The Bertz CT molecular complexity index is 366. The quantitative estimate of drug-likeness (QED) is 0.269. The van der Waals surface area contributed by atoms with E-state index >= 15 is 0 Å². The van der Waals surface area contributed by atoms with E-state index in [0.29, 0.717) is 0 Å². The predicted octanol–water partition coefficient (Wildman–Crippen LogP) is -4.37. The van der Waals surface area contributed by atoms with Crippen molar-refractivity contribution in [2.24, 2.45) is 0 Å². The molecular formula is C12H22O10. The maximum absolute atomic E-state index is 9.92. The number of rotatable bonds is 3. The molecule has 7 N–H and O–H groups in total. The third-order valence-electron chi connectivity index (χ3n) is 3.94. The average molecular weight is 326 g/mol. The Kier molecular flexibility index (Phi) is 5.72. The summed E-state index contributed by atoms with van der Waals surface area (Å²) in [4.78, 5) is 0. The van der Waals surface area contributed by atoms with Crippen LogP contribution in [0, 0.1) is 0 Å². The van der Waals surface area contributed by atoms with Crippen LogP contribution in [-0.2, 0) is 14.2 Å². The molecular weight excluding hydrogens is 304 g/mol. The number of ether oxygens (including phenoxy) is 3. The normalized spacial score (nSPS) is 53.5. The smallest absolute Gasteiger partial charge is 0.187 e. The highest BCUT2D eigenvalue weighted by Crippen LogP contribution is 2.28. The molecule has 0 aromatic heterocycles. The molecule has 0 aliphatic carbocycles. The second kappa shape index (κ2) is 7.01. The minimum absolute atomic E-state index is 0.620. The predicted molar refractivity (Wildman–Crippen MR) is 67.2 cm³/mol. The first kappa shape index (κ1) is 17.9. The maximum atomic E-state index is 9.92. The van der Waals surface area contributed by atoms with E-state index in [9.17, 15) is 30.6 Å². The van der Waals surface area contributed by atoms with Crippen molar-refractivity contribution in [1.29, 1.82) is 0 Å². The topological polar surface area (TPSA) is 169 Å². The van der Waals surface area contributed by atoms with Crippen LogP contribution in [0.4, 0.5) is 0 Å². The van der Waals surface area contributed by atoms with Crippen LogP contribution in [-0.4, -0.2) is 104 Å². The van der Waals surface area contributed by atoms with Crippen LogP contribution in [0.1, 0.15) is 6.92 Å². The molecule has 0 spiro atoms. The van der Waals surface area contributed by atoms with Crippen molar-refractivity contribution < 1.29 is 50.0 Å². The van der Waals surface area contributed by atoms with Crippen LogP contribution in [0.5, 0.6) is 0 Å². The van der Waals surface area contributed by atoms with Gasteiger partial charge >= 0.3 is 0 Å². The Balaban J connectivity index is 2.08. The van der Waals surface area contributed by atoms with E-state index in [2.05, 4.69) is 0 Å². The van der Waals surface area contributed by atoms with Crippen molar-refractivity contribution in [2.45, 2.75) is 68.3 Å². The van der Waals surface area contributed by atoms with Crippen molar-refractivity contribution in [3.05, 3.63) is 0 Å². The highest BCUT2D eigenvalue weighted by Gasteiger charge is 2.49. The Morgan fingerprint density at radius 2 is 1.45 bits per heavy atom. The molecule has 10 nitrogen and oxygen atoms in total. The summed E-state index contributed by atoms with van der Waals surface area (Å²) < 4.78 is 15.5. The highest BCUT2D eigenvalue weighted by molar-refractivity contribution is 4.92. The first-order valence-corrected chi connectivity index (χ1v) is 6.93. The van der Waals surface area contributed by atoms with Crippen LogP contribution >= 0.6 is 0 Å². The van der Waals surface area contributed by atoms with Crippen LogP contribution in [0.2, 0.25) is 0 Å². The van der Waals surface area contributed by atoms with Crippen LogP contribution in [0.15, 0.2) is 0 Å². The minimum Gasteiger partial charge on any atom is -0.394 e. The molecule has 10 heteroatoms. The van der Waals surface area contributed by atoms with Crippen LogP contribution in [0.25, 0.3) is 0 Å². The van der Waals surface area contributed by atoms with Gasteiger partial charge in [-0.2, -0.15) is 0 Å². The summed E-state index contributed by atoms with van der Waals surface area (Å²) in [6.45, 7) is 0.846. The summed E-state index contributed by atoms with van der Waals surface area (Å²) in [5, 5.41) is 67.2. The molecule has 0 saturated carbocycles. The van der Waals surface area contributed by atoms with Crippen molar-refractivity contribution in [3.63, 3.8) is 0 Å². The summed E-state index contributed by atoms with van der Waals surface area (Å²) in [6.07, 6.45) is -14.2. The molecule has 10 atom stereocenters. The summed E-state index contributed by atoms with van der Waals surface area (Å²) in [5.74, 6) is 0. The molecule has 2 heterocycles. The molecule has 22 heavy (non-hydrogen) atoms. The van der Waals surface area contributed by atoms with Crippen LogP contribution < -0.4 is 0 Å². The largest absolute Gasteiger partial charge is 0.394 e. The monoisotopic (exact) mass is 326 g/mol. The molecule has 0 unspecified atom stereocenters. The second-order valence-electron chi connectivity index (χ2n) is 5.51. The van der Waals surface area contributed by atoms with Gasteiger partial charge in [-0.1, -0.05) is 0 Å². The Labute approximate surface area is 126 Å². The summed E-state index contributed by atoms with van der Waals surface area (Å²) in [7, 11) is 0. The van der Waals surface area contributed by atoms with Gasteiger partial charge in [0.1, 0.15) is 42.7 Å². The van der Waals surface area contributed by atoms with Gasteiger partial charge in [0.25, 0.3) is 0 Å². The molecule has 2 aliphatic rings. The molecule has 0 bridgehead atoms. The van der Waals surface area contributed by atoms with E-state index < -0.39 is 68.0 Å². The van der Waals surface area contributed by atoms with Crippen LogP contribution in [0.3, 0.4) is 0 Å². The maximum Gasteiger partial charge on any atom is 0.187 e. The summed E-state index contributed by atoms with van der Waals surface area (Å²) in [5.41, 5.74) is 0. The highest BCUT2D eigenvalue weighted by atomic mass is 16.7. The lowest BCUT2D eigenvalue weighted by molar-refractivity contribution is -0.351. The zero-order valence-electron chi connectivity index (χ0n) is 11.8. The van der Waals surface area contributed by atoms with Crippen molar-refractivity contribution in [1.82, 2.24) is 0 Å². The van der Waals surface area contributed by atoms with Crippen molar-refractivity contribution in [3.8, 4) is 0 Å². The fourth-order valence-electron chi connectivity index (χ4n) is 2.54. The summed E-state index contributed by atoms with van der Waals surface area (Å²) in [6, 6.07) is 0. The molecule has 0 amide bonds. The molecule has 2 aliphatic heterocycles. The Morgan fingerprint density at radius 3 is 2.05 bits per heavy atom. The third-order valence-corrected chi connectivity index (χ3v) is 3.94. The SMILES string of the molecule is C[C@H]1O[C@@H](O)[C@@H](O)[C@@H](O)[C@@H]1O[C@@H]1O[C@H](CO)[C@@H](O)[C@H](O)[C@H]1O. The lowest BCUT2D eigenvalue weighted by atomic mass is 9.97. The van der Waals surface area contributed by atoms with Crippen molar-refractivity contribution >= 4 is 0 Å². The van der Waals surface area contributed by atoms with E-state index in [-0.39, 0.29) is 0 Å². The first-order valence-electron chi connectivity index (χ1n) is 6.93. The zero-order valence-corrected chi connectivity index (χ0v) is 11.8. The fraction of sp³-hybridized carbons (Fsp3) is 1.00. The minimum atomic E-state index is -1.64. The fourth-order valence-corrected chi connectivity index (χ4v) is 2.54. The third kappa shape index (κ3) is 3.26. The van der Waals surface area contributed by atoms with Gasteiger partial charge in [-0.3, -0.25) is 0 Å². The number of hydrogen-bond donors (Lipinski definition) is 7. The van der Waals surface area contributed by atoms with Gasteiger partial charge in [-0.05, 0) is 6.92 Å². The molecule has 0 aromatic rings. The Morgan fingerprint density at radius 1 is 0.818 bits per heavy atom. The van der Waals surface area contributed by atoms with E-state index in [0.717, 1.165) is 0 Å². The number of aliphatic hydroxyl groups is 7. The van der Waals surface area contributed by atoms with E-state index in [4.69, 9.17) is 19.3 Å². The second-order valence-corrected chi connectivity index (χ2v) is 5.51. The van der Waals surface area contributed by atoms with Gasteiger partial charge in [0.2, 0.25) is 0 Å². The van der Waals surface area contributed by atoms with Gasteiger partial charge in [0.15, 0.2) is 12.6 Å². The number of hydrogen-bond acceptors (Lipinski definition) is 10. The lowest BCUT2D eigenvalue weighted by Gasteiger charge is -2.44. The molecule has 2 saturated heterocycles. The average Bonchev–Trinajstić information content (AvgIpc) is 2.49. The van der Waals surface area contributed by atoms with E-state index in [1.54, 1.807) is 0 Å². The summed E-state index contributed by atoms with van der Waals surface area (Å²) >= 11 is 0. The van der Waals surface area contributed by atoms with Gasteiger partial charge in [0, 0.05) is 0 Å². The van der Waals surface area contributed by atoms with Crippen molar-refractivity contribution in [2.75, 3.05) is 6.61 Å². The zero-order chi connectivity index (χ0) is 16.6. The molecule has 0 radical (unpaired) electrons. The molecule has 2 fully saturated rings. The molecule has 130 valence electrons. The lowest BCUT2D eigenvalue weighted by Crippen LogP contribution is -2.63. The Hall–Kier alpha value is -0.400.